The molecule has 1 atom stereocenters. The van der Waals surface area contributed by atoms with Gasteiger partial charge < -0.3 is 9.84 Å². The van der Waals surface area contributed by atoms with E-state index in [1.54, 1.807) is 29.9 Å². The van der Waals surface area contributed by atoms with E-state index in [-0.39, 0.29) is 13.0 Å². The summed E-state index contributed by atoms with van der Waals surface area (Å²) in [4.78, 5) is 11.4. The van der Waals surface area contributed by atoms with Crippen molar-refractivity contribution in [2.45, 2.75) is 31.6 Å². The Kier molecular flexibility index (Phi) is 5.38. The van der Waals surface area contributed by atoms with Gasteiger partial charge in [0.25, 0.3) is 0 Å². The highest BCUT2D eigenvalue weighted by atomic mass is 32.2. The van der Waals surface area contributed by atoms with Crippen LogP contribution in [0.25, 0.3) is 10.9 Å². The summed E-state index contributed by atoms with van der Waals surface area (Å²) in [5.41, 5.74) is 0.713. The Morgan fingerprint density at radius 1 is 1.44 bits per heavy atom. The zero-order valence-electron chi connectivity index (χ0n) is 14.3. The number of sulfone groups is 1. The Morgan fingerprint density at radius 2 is 2.16 bits per heavy atom. The molecule has 0 saturated carbocycles. The highest BCUT2D eigenvalue weighted by Crippen LogP contribution is 2.24. The van der Waals surface area contributed by atoms with E-state index in [1.165, 1.54) is 6.92 Å². The lowest BCUT2D eigenvalue weighted by Gasteiger charge is -2.22. The topological polar surface area (TPSA) is 98.5 Å². The second-order valence-electron chi connectivity index (χ2n) is 5.89. The van der Waals surface area contributed by atoms with Crippen molar-refractivity contribution < 1.29 is 23.1 Å². The van der Waals surface area contributed by atoms with Gasteiger partial charge in [0.05, 0.1) is 5.52 Å². The molecule has 25 heavy (non-hydrogen) atoms. The van der Waals surface area contributed by atoms with Crippen molar-refractivity contribution in [3.63, 3.8) is 0 Å². The number of fused-ring (bicyclic) bond motifs is 1. The maximum atomic E-state index is 11.8. The number of aromatic nitrogens is 2. The number of ether oxygens (including phenoxy) is 1. The Morgan fingerprint density at radius 3 is 2.76 bits per heavy atom. The molecular weight excluding hydrogens is 344 g/mol. The molecule has 0 aliphatic rings. The van der Waals surface area contributed by atoms with E-state index >= 15 is 0 Å². The van der Waals surface area contributed by atoms with Crippen LogP contribution < -0.4 is 4.74 Å². The molecule has 0 aliphatic carbocycles. The summed E-state index contributed by atoms with van der Waals surface area (Å²) in [6.45, 7) is 3.41. The second-order valence-corrected chi connectivity index (χ2v) is 8.33. The first kappa shape index (κ1) is 18.8. The number of hydrogen-bond donors (Lipinski definition) is 1. The largest absolute Gasteiger partial charge is 0.481 e. The maximum Gasteiger partial charge on any atom is 0.324 e. The molecule has 0 aliphatic heterocycles. The summed E-state index contributed by atoms with van der Waals surface area (Å²) >= 11 is 0. The molecule has 1 N–H and O–H groups in total. The summed E-state index contributed by atoms with van der Waals surface area (Å²) in [5, 5.41) is 14.4. The molecule has 2 rings (SSSR count). The Bertz CT molecular complexity index is 952. The van der Waals surface area contributed by atoms with Gasteiger partial charge in [0.1, 0.15) is 12.4 Å². The summed E-state index contributed by atoms with van der Waals surface area (Å²) < 4.78 is 28.8. The van der Waals surface area contributed by atoms with Gasteiger partial charge in [-0.15, -0.1) is 5.92 Å². The second kappa shape index (κ2) is 7.15. The summed E-state index contributed by atoms with van der Waals surface area (Å²) in [6.07, 6.45) is 2.59. The molecule has 8 heteroatoms. The molecule has 0 spiro atoms. The predicted molar refractivity (Wildman–Crippen MR) is 94.2 cm³/mol. The van der Waals surface area contributed by atoms with Crippen molar-refractivity contribution in [3.05, 3.63) is 24.4 Å². The van der Waals surface area contributed by atoms with Gasteiger partial charge in [0.2, 0.25) is 0 Å². The lowest BCUT2D eigenvalue weighted by molar-refractivity contribution is -0.139. The number of carboxylic acid groups (broad SMARTS) is 1. The molecule has 134 valence electrons. The monoisotopic (exact) mass is 364 g/mol. The molecule has 0 radical (unpaired) electrons. The zero-order valence-corrected chi connectivity index (χ0v) is 15.1. The molecular formula is C17H20N2O5S. The lowest BCUT2D eigenvalue weighted by Crippen LogP contribution is -2.43. The summed E-state index contributed by atoms with van der Waals surface area (Å²) in [5.74, 6) is 4.84. The fourth-order valence-corrected chi connectivity index (χ4v) is 3.01. The quantitative estimate of drug-likeness (QED) is 0.751. The molecule has 2 aromatic rings. The molecule has 1 heterocycles. The number of nitrogens with zero attached hydrogens (tertiary/aromatic N) is 2. The molecule has 1 unspecified atom stereocenters. The van der Waals surface area contributed by atoms with Crippen LogP contribution in [0.2, 0.25) is 0 Å². The normalized spacial score (nSPS) is 13.7. The number of aryl methyl sites for hydroxylation is 1. The third-order valence-corrected chi connectivity index (χ3v) is 6.12. The highest BCUT2D eigenvalue weighted by Gasteiger charge is 2.43. The summed E-state index contributed by atoms with van der Waals surface area (Å²) in [7, 11) is -3.76. The number of hydrogen-bond acceptors (Lipinski definition) is 5. The zero-order chi connectivity index (χ0) is 18.7. The standard InChI is InChI=1S/C17H20N2O5S/c1-4-5-10-24-14-6-7-15-13(11-14)12-19(18-15)9-8-17(2,16(20)21)25(3,22)23/h6-7,11-12H,8-10H2,1-3H3,(H,20,21). The van der Waals surface area contributed by atoms with Crippen LogP contribution in [0.15, 0.2) is 24.4 Å². The third-order valence-electron chi connectivity index (χ3n) is 4.10. The van der Waals surface area contributed by atoms with E-state index in [0.29, 0.717) is 17.9 Å². The van der Waals surface area contributed by atoms with E-state index in [4.69, 9.17) is 4.74 Å². The van der Waals surface area contributed by atoms with Crippen molar-refractivity contribution in [2.24, 2.45) is 0 Å². The van der Waals surface area contributed by atoms with Crippen molar-refractivity contribution in [1.82, 2.24) is 9.78 Å². The van der Waals surface area contributed by atoms with E-state index in [0.717, 1.165) is 11.6 Å². The van der Waals surface area contributed by atoms with Crippen molar-refractivity contribution >= 4 is 26.7 Å². The first-order valence-electron chi connectivity index (χ1n) is 7.60. The average molecular weight is 364 g/mol. The molecule has 1 aromatic carbocycles. The van der Waals surface area contributed by atoms with Crippen molar-refractivity contribution in [1.29, 1.82) is 0 Å². The number of benzene rings is 1. The smallest absolute Gasteiger partial charge is 0.324 e. The van der Waals surface area contributed by atoms with E-state index in [1.807, 2.05) is 6.07 Å². The van der Waals surface area contributed by atoms with Crippen LogP contribution >= 0.6 is 0 Å². The van der Waals surface area contributed by atoms with E-state index in [2.05, 4.69) is 16.9 Å². The molecule has 0 amide bonds. The summed E-state index contributed by atoms with van der Waals surface area (Å²) in [6, 6.07) is 5.37. The van der Waals surface area contributed by atoms with Crippen molar-refractivity contribution in [2.75, 3.05) is 12.9 Å². The number of carboxylic acids is 1. The fraction of sp³-hybridized carbons (Fsp3) is 0.412. The van der Waals surface area contributed by atoms with Crippen LogP contribution in [0.5, 0.6) is 5.75 Å². The van der Waals surface area contributed by atoms with Crippen LogP contribution in [0.4, 0.5) is 0 Å². The maximum absolute atomic E-state index is 11.8. The first-order valence-corrected chi connectivity index (χ1v) is 9.49. The predicted octanol–water partition coefficient (Wildman–Crippen LogP) is 1.72. The van der Waals surface area contributed by atoms with Gasteiger partial charge in [-0.05, 0) is 38.5 Å². The molecule has 0 bridgehead atoms. The van der Waals surface area contributed by atoms with Gasteiger partial charge in [-0.1, -0.05) is 5.92 Å². The minimum Gasteiger partial charge on any atom is -0.481 e. The molecule has 0 fully saturated rings. The number of aliphatic carboxylic acids is 1. The lowest BCUT2D eigenvalue weighted by atomic mass is 10.1. The van der Waals surface area contributed by atoms with Crippen molar-refractivity contribution in [3.8, 4) is 17.6 Å². The van der Waals surface area contributed by atoms with Crippen LogP contribution in [-0.2, 0) is 21.2 Å². The third kappa shape index (κ3) is 4.12. The van der Waals surface area contributed by atoms with E-state index in [9.17, 15) is 18.3 Å². The first-order chi connectivity index (χ1) is 11.7. The Labute approximate surface area is 146 Å². The van der Waals surface area contributed by atoms with Gasteiger partial charge in [-0.25, -0.2) is 8.42 Å². The van der Waals surface area contributed by atoms with Crippen LogP contribution in [-0.4, -0.2) is 46.9 Å². The SMILES string of the molecule is CC#CCOc1ccc2nn(CCC(C)(C(=O)O)S(C)(=O)=O)cc2c1. The Hall–Kier alpha value is -2.53. The molecule has 1 aromatic heterocycles. The van der Waals surface area contributed by atoms with Crippen LogP contribution in [0.3, 0.4) is 0 Å². The minimum atomic E-state index is -3.76. The van der Waals surface area contributed by atoms with Crippen LogP contribution in [0, 0.1) is 11.8 Å². The van der Waals surface area contributed by atoms with E-state index < -0.39 is 20.6 Å². The van der Waals surface area contributed by atoms with Gasteiger partial charge >= 0.3 is 5.97 Å². The van der Waals surface area contributed by atoms with Gasteiger partial charge in [-0.2, -0.15) is 5.10 Å². The van der Waals surface area contributed by atoms with Gasteiger partial charge in [0, 0.05) is 24.4 Å². The minimum absolute atomic E-state index is 0.0788. The molecule has 7 nitrogen and oxygen atoms in total. The van der Waals surface area contributed by atoms with Gasteiger partial charge in [-0.3, -0.25) is 9.48 Å². The fourth-order valence-electron chi connectivity index (χ4n) is 2.23. The molecule has 0 saturated heterocycles. The van der Waals surface area contributed by atoms with Crippen LogP contribution in [0.1, 0.15) is 20.3 Å². The Balaban J connectivity index is 2.18. The number of carbonyl (C=O) groups is 1. The number of rotatable bonds is 7. The van der Waals surface area contributed by atoms with Gasteiger partial charge in [0.15, 0.2) is 14.6 Å². The highest BCUT2D eigenvalue weighted by molar-refractivity contribution is 7.92. The average Bonchev–Trinajstić information content (AvgIpc) is 2.93.